The fourth-order valence-corrected chi connectivity index (χ4v) is 2.90. The summed E-state index contributed by atoms with van der Waals surface area (Å²) in [6, 6.07) is 0.312. The van der Waals surface area contributed by atoms with Gasteiger partial charge in [0, 0.05) is 24.1 Å². The summed E-state index contributed by atoms with van der Waals surface area (Å²) in [6.07, 6.45) is 2.31. The monoisotopic (exact) mass is 225 g/mol. The molecular formula is C10H15N3OS. The maximum absolute atomic E-state index is 11.5. The maximum atomic E-state index is 11.5. The van der Waals surface area contributed by atoms with Crippen molar-refractivity contribution in [2.45, 2.75) is 26.3 Å². The van der Waals surface area contributed by atoms with E-state index in [9.17, 15) is 4.79 Å². The summed E-state index contributed by atoms with van der Waals surface area (Å²) in [4.78, 5) is 15.7. The Bertz CT molecular complexity index is 361. The number of hydrogen-bond donors (Lipinski definition) is 0. The summed E-state index contributed by atoms with van der Waals surface area (Å²) < 4.78 is 1.90. The molecule has 4 nitrogen and oxygen atoms in total. The third-order valence-electron chi connectivity index (χ3n) is 2.58. The van der Waals surface area contributed by atoms with Gasteiger partial charge in [-0.3, -0.25) is 4.79 Å². The van der Waals surface area contributed by atoms with Gasteiger partial charge in [0.15, 0.2) is 0 Å². The molecule has 0 aromatic carbocycles. The van der Waals surface area contributed by atoms with E-state index in [4.69, 9.17) is 0 Å². The molecule has 0 spiro atoms. The molecule has 1 aromatic rings. The third kappa shape index (κ3) is 2.22. The summed E-state index contributed by atoms with van der Waals surface area (Å²) >= 11 is 1.72. The molecule has 1 unspecified atom stereocenters. The fraction of sp³-hybridized carbons (Fsp3) is 0.700. The highest BCUT2D eigenvalue weighted by Gasteiger charge is 2.26. The molecule has 0 saturated carbocycles. The summed E-state index contributed by atoms with van der Waals surface area (Å²) in [5.41, 5.74) is 0. The molecule has 0 N–H and O–H groups in total. The Hall–Kier alpha value is -0.840. The molecule has 5 heteroatoms. The highest BCUT2D eigenvalue weighted by Crippen LogP contribution is 2.23. The molecule has 0 radical (unpaired) electrons. The molecule has 15 heavy (non-hydrogen) atoms. The first kappa shape index (κ1) is 10.7. The number of Topliss-reactive ketones (excluding diaryl/α,β-unsaturated/α-hetero) is 1. The third-order valence-corrected chi connectivity index (χ3v) is 3.71. The Labute approximate surface area is 93.5 Å². The second-order valence-corrected chi connectivity index (χ2v) is 5.13. The number of aromatic nitrogens is 3. The molecule has 2 rings (SSSR count). The second-order valence-electron chi connectivity index (χ2n) is 4.10. The smallest absolute Gasteiger partial charge is 0.147 e. The molecule has 0 aliphatic carbocycles. The van der Waals surface area contributed by atoms with Gasteiger partial charge in [-0.1, -0.05) is 0 Å². The van der Waals surface area contributed by atoms with E-state index in [2.05, 4.69) is 23.9 Å². The molecule has 1 fully saturated rings. The van der Waals surface area contributed by atoms with E-state index in [1.54, 1.807) is 18.1 Å². The van der Waals surface area contributed by atoms with Crippen molar-refractivity contribution in [1.29, 1.82) is 0 Å². The lowest BCUT2D eigenvalue weighted by atomic mass is 10.0. The van der Waals surface area contributed by atoms with Crippen molar-refractivity contribution in [2.24, 2.45) is 5.92 Å². The molecule has 1 aliphatic rings. The van der Waals surface area contributed by atoms with Crippen molar-refractivity contribution >= 4 is 17.5 Å². The van der Waals surface area contributed by atoms with Crippen LogP contribution in [-0.4, -0.2) is 32.1 Å². The zero-order valence-electron chi connectivity index (χ0n) is 9.01. The minimum absolute atomic E-state index is 0.150. The number of carbonyl (C=O) groups is 1. The Balaban J connectivity index is 2.10. The Morgan fingerprint density at radius 2 is 2.47 bits per heavy atom. The topological polar surface area (TPSA) is 47.8 Å². The predicted octanol–water partition coefficient (Wildman–Crippen LogP) is 1.33. The van der Waals surface area contributed by atoms with Crippen LogP contribution in [0.4, 0.5) is 0 Å². The van der Waals surface area contributed by atoms with Gasteiger partial charge in [-0.2, -0.15) is 16.9 Å². The number of carbonyl (C=O) groups excluding carboxylic acids is 1. The number of nitrogens with zero attached hydrogens (tertiary/aromatic N) is 3. The van der Waals surface area contributed by atoms with Crippen LogP contribution in [0, 0.1) is 5.92 Å². The van der Waals surface area contributed by atoms with Crippen LogP contribution in [0.1, 0.15) is 25.7 Å². The minimum atomic E-state index is 0.150. The summed E-state index contributed by atoms with van der Waals surface area (Å²) in [5.74, 6) is 3.05. The van der Waals surface area contributed by atoms with Crippen molar-refractivity contribution in [3.05, 3.63) is 12.2 Å². The number of ketones is 1. The lowest BCUT2D eigenvalue weighted by molar-refractivity contribution is -0.119. The van der Waals surface area contributed by atoms with Crippen molar-refractivity contribution in [3.8, 4) is 0 Å². The first-order valence-corrected chi connectivity index (χ1v) is 6.32. The summed E-state index contributed by atoms with van der Waals surface area (Å²) in [5, 5.41) is 4.17. The van der Waals surface area contributed by atoms with E-state index in [-0.39, 0.29) is 5.92 Å². The molecule has 0 bridgehead atoms. The van der Waals surface area contributed by atoms with Crippen LogP contribution in [-0.2, 0) is 11.2 Å². The van der Waals surface area contributed by atoms with Crippen LogP contribution in [0.3, 0.4) is 0 Å². The van der Waals surface area contributed by atoms with Gasteiger partial charge in [-0.15, -0.1) is 0 Å². The van der Waals surface area contributed by atoms with E-state index in [0.29, 0.717) is 17.6 Å². The number of rotatable bonds is 3. The van der Waals surface area contributed by atoms with Crippen molar-refractivity contribution in [2.75, 3.05) is 11.5 Å². The van der Waals surface area contributed by atoms with Gasteiger partial charge in [0.2, 0.25) is 0 Å². The van der Waals surface area contributed by atoms with Gasteiger partial charge in [-0.25, -0.2) is 9.67 Å². The summed E-state index contributed by atoms with van der Waals surface area (Å²) in [7, 11) is 0. The van der Waals surface area contributed by atoms with Gasteiger partial charge >= 0.3 is 0 Å². The van der Waals surface area contributed by atoms with Crippen LogP contribution >= 0.6 is 11.8 Å². The molecule has 82 valence electrons. The Kier molecular flexibility index (Phi) is 3.09. The van der Waals surface area contributed by atoms with Crippen molar-refractivity contribution < 1.29 is 4.79 Å². The van der Waals surface area contributed by atoms with E-state index >= 15 is 0 Å². The average Bonchev–Trinajstić information content (AvgIpc) is 2.77. The zero-order chi connectivity index (χ0) is 10.8. The van der Waals surface area contributed by atoms with Gasteiger partial charge in [0.25, 0.3) is 0 Å². The van der Waals surface area contributed by atoms with Gasteiger partial charge in [0.1, 0.15) is 17.9 Å². The first-order valence-electron chi connectivity index (χ1n) is 5.17. The van der Waals surface area contributed by atoms with E-state index in [0.717, 1.165) is 18.0 Å². The van der Waals surface area contributed by atoms with Crippen molar-refractivity contribution in [3.63, 3.8) is 0 Å². The molecule has 1 aliphatic heterocycles. The largest absolute Gasteiger partial charge is 0.298 e. The normalized spacial score (nSPS) is 21.5. The Morgan fingerprint density at radius 1 is 1.67 bits per heavy atom. The van der Waals surface area contributed by atoms with Gasteiger partial charge in [0.05, 0.1) is 5.75 Å². The van der Waals surface area contributed by atoms with Crippen LogP contribution in [0.2, 0.25) is 0 Å². The zero-order valence-corrected chi connectivity index (χ0v) is 9.83. The standard InChI is InChI=1S/C10H15N3OS/c1-7(2)13-10(11-6-12-13)3-8-4-15-5-9(8)14/h6-8H,3-5H2,1-2H3. The lowest BCUT2D eigenvalue weighted by Crippen LogP contribution is -2.18. The molecule has 1 aromatic heterocycles. The SMILES string of the molecule is CC(C)n1ncnc1CC1CSCC1=O. The number of thioether (sulfide) groups is 1. The van der Waals surface area contributed by atoms with Crippen LogP contribution in [0.5, 0.6) is 0 Å². The molecule has 2 heterocycles. The fourth-order valence-electron chi connectivity index (χ4n) is 1.76. The van der Waals surface area contributed by atoms with E-state index in [1.165, 1.54) is 0 Å². The quantitative estimate of drug-likeness (QED) is 0.778. The minimum Gasteiger partial charge on any atom is -0.298 e. The lowest BCUT2D eigenvalue weighted by Gasteiger charge is -2.11. The highest BCUT2D eigenvalue weighted by atomic mass is 32.2. The van der Waals surface area contributed by atoms with Crippen LogP contribution in [0.25, 0.3) is 0 Å². The summed E-state index contributed by atoms with van der Waals surface area (Å²) in [6.45, 7) is 4.15. The molecular weight excluding hydrogens is 210 g/mol. The van der Waals surface area contributed by atoms with Gasteiger partial charge < -0.3 is 0 Å². The molecule has 0 amide bonds. The van der Waals surface area contributed by atoms with Crippen LogP contribution < -0.4 is 0 Å². The first-order chi connectivity index (χ1) is 7.18. The highest BCUT2D eigenvalue weighted by molar-refractivity contribution is 8.00. The van der Waals surface area contributed by atoms with E-state index in [1.807, 2.05) is 4.68 Å². The Morgan fingerprint density at radius 3 is 3.07 bits per heavy atom. The van der Waals surface area contributed by atoms with Gasteiger partial charge in [-0.05, 0) is 13.8 Å². The molecule has 1 saturated heterocycles. The predicted molar refractivity (Wildman–Crippen MR) is 59.9 cm³/mol. The van der Waals surface area contributed by atoms with Crippen molar-refractivity contribution in [1.82, 2.24) is 14.8 Å². The van der Waals surface area contributed by atoms with E-state index < -0.39 is 0 Å². The second kappa shape index (κ2) is 4.35. The maximum Gasteiger partial charge on any atom is 0.147 e. The number of hydrogen-bond acceptors (Lipinski definition) is 4. The molecule has 1 atom stereocenters. The average molecular weight is 225 g/mol. The van der Waals surface area contributed by atoms with Crippen LogP contribution in [0.15, 0.2) is 6.33 Å².